The van der Waals surface area contributed by atoms with Gasteiger partial charge in [0.25, 0.3) is 0 Å². The number of aliphatic imine (C=N–C) groups is 1. The van der Waals surface area contributed by atoms with Crippen LogP contribution in [-0.4, -0.2) is 31.6 Å². The highest BCUT2D eigenvalue weighted by Gasteiger charge is 2.11. The van der Waals surface area contributed by atoms with Crippen LogP contribution in [0.1, 0.15) is 35.2 Å². The Hall–Kier alpha value is -2.08. The number of guanidine groups is 1. The zero-order chi connectivity index (χ0) is 17.5. The van der Waals surface area contributed by atoms with Gasteiger partial charge in [0.15, 0.2) is 5.96 Å². The van der Waals surface area contributed by atoms with Gasteiger partial charge in [0.1, 0.15) is 5.75 Å². The van der Waals surface area contributed by atoms with Gasteiger partial charge in [-0.1, -0.05) is 6.92 Å². The number of hydrogen-bond donors (Lipinski definition) is 2. The van der Waals surface area contributed by atoms with E-state index in [1.807, 2.05) is 20.0 Å². The van der Waals surface area contributed by atoms with Gasteiger partial charge >= 0.3 is 0 Å². The number of aryl methyl sites for hydroxylation is 1. The molecule has 2 aromatic heterocycles. The molecule has 2 aromatic rings. The first-order valence-corrected chi connectivity index (χ1v) is 8.96. The van der Waals surface area contributed by atoms with Crippen LogP contribution in [-0.2, 0) is 6.54 Å². The standard InChI is InChI=1S/C18H26N4OS/c1-12(15-6-7-24-11-15)8-21-18(19-4)22-10-16-14(3)17(23-5)13(2)9-20-16/h6-7,9,11-12H,8,10H2,1-5H3,(H2,19,21,22). The largest absolute Gasteiger partial charge is 0.496 e. The Morgan fingerprint density at radius 3 is 2.79 bits per heavy atom. The van der Waals surface area contributed by atoms with Crippen LogP contribution in [0.15, 0.2) is 28.0 Å². The fourth-order valence-corrected chi connectivity index (χ4v) is 3.34. The highest BCUT2D eigenvalue weighted by molar-refractivity contribution is 7.07. The predicted molar refractivity (Wildman–Crippen MR) is 101 cm³/mol. The molecule has 0 aliphatic carbocycles. The number of nitrogens with one attached hydrogen (secondary N) is 2. The number of thiophene rings is 1. The fraction of sp³-hybridized carbons (Fsp3) is 0.444. The number of hydrogen-bond acceptors (Lipinski definition) is 4. The summed E-state index contributed by atoms with van der Waals surface area (Å²) in [7, 11) is 3.47. The molecule has 0 aliphatic heterocycles. The van der Waals surface area contributed by atoms with Crippen molar-refractivity contribution in [3.63, 3.8) is 0 Å². The van der Waals surface area contributed by atoms with Crippen molar-refractivity contribution in [3.8, 4) is 5.75 Å². The summed E-state index contributed by atoms with van der Waals surface area (Å²) in [5, 5.41) is 11.0. The van der Waals surface area contributed by atoms with E-state index < -0.39 is 0 Å². The average Bonchev–Trinajstić information content (AvgIpc) is 3.11. The maximum Gasteiger partial charge on any atom is 0.191 e. The molecular weight excluding hydrogens is 320 g/mol. The third-order valence-corrected chi connectivity index (χ3v) is 4.79. The molecule has 0 aromatic carbocycles. The van der Waals surface area contributed by atoms with Crippen molar-refractivity contribution in [3.05, 3.63) is 45.4 Å². The Morgan fingerprint density at radius 2 is 2.17 bits per heavy atom. The highest BCUT2D eigenvalue weighted by atomic mass is 32.1. The molecule has 130 valence electrons. The van der Waals surface area contributed by atoms with Crippen molar-refractivity contribution in [2.45, 2.75) is 33.2 Å². The van der Waals surface area contributed by atoms with Gasteiger partial charge in [-0.3, -0.25) is 9.98 Å². The molecule has 0 fully saturated rings. The van der Waals surface area contributed by atoms with Crippen molar-refractivity contribution in [1.82, 2.24) is 15.6 Å². The topological polar surface area (TPSA) is 58.5 Å². The molecule has 1 unspecified atom stereocenters. The Labute approximate surface area is 148 Å². The first-order chi connectivity index (χ1) is 11.6. The minimum atomic E-state index is 0.439. The van der Waals surface area contributed by atoms with Crippen LogP contribution < -0.4 is 15.4 Å². The molecule has 0 aliphatic rings. The molecule has 5 nitrogen and oxygen atoms in total. The van der Waals surface area contributed by atoms with Gasteiger partial charge in [0, 0.05) is 30.9 Å². The normalized spacial score (nSPS) is 12.8. The molecule has 0 radical (unpaired) electrons. The number of nitrogens with zero attached hydrogens (tertiary/aromatic N) is 2. The van der Waals surface area contributed by atoms with Gasteiger partial charge in [-0.2, -0.15) is 11.3 Å². The summed E-state index contributed by atoms with van der Waals surface area (Å²) in [6.45, 7) is 7.68. The van der Waals surface area contributed by atoms with Crippen LogP contribution in [0.3, 0.4) is 0 Å². The van der Waals surface area contributed by atoms with Crippen LogP contribution >= 0.6 is 11.3 Å². The zero-order valence-electron chi connectivity index (χ0n) is 15.0. The maximum absolute atomic E-state index is 5.46. The summed E-state index contributed by atoms with van der Waals surface area (Å²) in [4.78, 5) is 8.79. The summed E-state index contributed by atoms with van der Waals surface area (Å²) in [6.07, 6.45) is 1.84. The quantitative estimate of drug-likeness (QED) is 0.623. The molecule has 0 spiro atoms. The predicted octanol–water partition coefficient (Wildman–Crippen LogP) is 3.24. The molecule has 0 bridgehead atoms. The monoisotopic (exact) mass is 346 g/mol. The SMILES string of the molecule is CN=C(NCc1ncc(C)c(OC)c1C)NCC(C)c1ccsc1. The summed E-state index contributed by atoms with van der Waals surface area (Å²) < 4.78 is 5.46. The molecule has 2 rings (SSSR count). The van der Waals surface area contributed by atoms with E-state index in [0.29, 0.717) is 12.5 Å². The van der Waals surface area contributed by atoms with Crippen molar-refractivity contribution in [2.75, 3.05) is 20.7 Å². The van der Waals surface area contributed by atoms with E-state index in [9.17, 15) is 0 Å². The van der Waals surface area contributed by atoms with E-state index in [4.69, 9.17) is 4.74 Å². The molecule has 0 amide bonds. The number of pyridine rings is 1. The van der Waals surface area contributed by atoms with Gasteiger partial charge in [0.05, 0.1) is 19.3 Å². The van der Waals surface area contributed by atoms with E-state index in [0.717, 1.165) is 35.1 Å². The molecule has 2 N–H and O–H groups in total. The van der Waals surface area contributed by atoms with Crippen molar-refractivity contribution in [1.29, 1.82) is 0 Å². The second-order valence-electron chi connectivity index (χ2n) is 5.81. The Morgan fingerprint density at radius 1 is 1.38 bits per heavy atom. The smallest absolute Gasteiger partial charge is 0.191 e. The second-order valence-corrected chi connectivity index (χ2v) is 6.59. The van der Waals surface area contributed by atoms with Gasteiger partial charge in [-0.25, -0.2) is 0 Å². The third-order valence-electron chi connectivity index (χ3n) is 4.08. The van der Waals surface area contributed by atoms with E-state index in [-0.39, 0.29) is 0 Å². The Kier molecular flexibility index (Phi) is 6.61. The van der Waals surface area contributed by atoms with E-state index >= 15 is 0 Å². The lowest BCUT2D eigenvalue weighted by Crippen LogP contribution is -2.38. The number of ether oxygens (including phenoxy) is 1. The van der Waals surface area contributed by atoms with Crippen LogP contribution in [0.5, 0.6) is 5.75 Å². The molecule has 0 saturated carbocycles. The number of methoxy groups -OCH3 is 1. The van der Waals surface area contributed by atoms with Gasteiger partial charge in [-0.05, 0) is 42.2 Å². The first kappa shape index (κ1) is 18.3. The van der Waals surface area contributed by atoms with Crippen LogP contribution in [0.2, 0.25) is 0 Å². The van der Waals surface area contributed by atoms with E-state index in [2.05, 4.69) is 44.4 Å². The highest BCUT2D eigenvalue weighted by Crippen LogP contribution is 2.23. The maximum atomic E-state index is 5.46. The zero-order valence-corrected chi connectivity index (χ0v) is 15.8. The van der Waals surface area contributed by atoms with Crippen molar-refractivity contribution >= 4 is 17.3 Å². The van der Waals surface area contributed by atoms with Crippen LogP contribution in [0, 0.1) is 13.8 Å². The lowest BCUT2D eigenvalue weighted by molar-refractivity contribution is 0.406. The minimum absolute atomic E-state index is 0.439. The van der Waals surface area contributed by atoms with Crippen molar-refractivity contribution in [2.24, 2.45) is 4.99 Å². The van der Waals surface area contributed by atoms with Gasteiger partial charge in [0.2, 0.25) is 0 Å². The van der Waals surface area contributed by atoms with Crippen molar-refractivity contribution < 1.29 is 4.74 Å². The van der Waals surface area contributed by atoms with Crippen LogP contribution in [0.25, 0.3) is 0 Å². The molecule has 24 heavy (non-hydrogen) atoms. The van der Waals surface area contributed by atoms with Gasteiger partial charge in [-0.15, -0.1) is 0 Å². The summed E-state index contributed by atoms with van der Waals surface area (Å²) in [5.41, 5.74) is 4.42. The molecule has 6 heteroatoms. The second kappa shape index (κ2) is 8.68. The number of aromatic nitrogens is 1. The van der Waals surface area contributed by atoms with Gasteiger partial charge < -0.3 is 15.4 Å². The van der Waals surface area contributed by atoms with E-state index in [1.54, 1.807) is 25.5 Å². The lowest BCUT2D eigenvalue weighted by Gasteiger charge is -2.17. The lowest BCUT2D eigenvalue weighted by atomic mass is 10.1. The number of rotatable bonds is 6. The summed E-state index contributed by atoms with van der Waals surface area (Å²) >= 11 is 1.73. The fourth-order valence-electron chi connectivity index (χ4n) is 2.56. The molecule has 0 saturated heterocycles. The summed E-state index contributed by atoms with van der Waals surface area (Å²) in [6, 6.07) is 2.17. The Balaban J connectivity index is 1.92. The van der Waals surface area contributed by atoms with Crippen LogP contribution in [0.4, 0.5) is 0 Å². The third kappa shape index (κ3) is 4.47. The first-order valence-electron chi connectivity index (χ1n) is 8.02. The molecule has 2 heterocycles. The molecular formula is C18H26N4OS. The van der Waals surface area contributed by atoms with E-state index in [1.165, 1.54) is 5.56 Å². The summed E-state index contributed by atoms with van der Waals surface area (Å²) in [5.74, 6) is 2.11. The minimum Gasteiger partial charge on any atom is -0.496 e. The average molecular weight is 347 g/mol. The Bertz CT molecular complexity index is 683. The molecule has 1 atom stereocenters.